The largest absolute Gasteiger partial charge is 0.472 e. The lowest BCUT2D eigenvalue weighted by molar-refractivity contribution is -0.870. The standard InChI is InChI=1S/C46H84NO12P/c1-6-8-10-11-12-13-14-15-16-17-18-19-20-21-23-29-46(53)59-40(37-58-60(54,55)57-33-32-47(3,4)5)36-56-45(52)28-25-24-27-39(49)34-42-41(43(50)35-44(42)51)31-30-38(48)26-22-9-7-2/h13-14,30-31,38,40-44,48,50-51H,6-12,15-29,32-37H2,1-5H3/p+1/b14-13-,31-30+/t38-,40+,41+,42+,43+,44-/m0/s1. The quantitative estimate of drug-likeness (QED) is 0.0152. The number of rotatable bonds is 38. The Hall–Kier alpha value is -1.96. The van der Waals surface area contributed by atoms with Gasteiger partial charge in [-0.25, -0.2) is 4.57 Å². The molecule has 13 nitrogen and oxygen atoms in total. The molecular formula is C46H85NO12P+. The Bertz CT molecular complexity index is 1250. The van der Waals surface area contributed by atoms with Crippen LogP contribution in [0.4, 0.5) is 0 Å². The van der Waals surface area contributed by atoms with Gasteiger partial charge in [-0.05, 0) is 51.4 Å². The third kappa shape index (κ3) is 30.1. The third-order valence-corrected chi connectivity index (χ3v) is 11.9. The van der Waals surface area contributed by atoms with E-state index in [1.807, 2.05) is 21.1 Å². The number of unbranched alkanes of at least 4 members (excludes halogenated alkanes) is 14. The number of carbonyl (C=O) groups excluding carboxylic acids is 3. The molecule has 0 heterocycles. The number of ether oxygens (including phenoxy) is 2. The molecule has 1 aliphatic rings. The molecule has 4 N–H and O–H groups in total. The van der Waals surface area contributed by atoms with Crippen molar-refractivity contribution in [3.63, 3.8) is 0 Å². The average molecular weight is 875 g/mol. The highest BCUT2D eigenvalue weighted by Gasteiger charge is 2.41. The summed E-state index contributed by atoms with van der Waals surface area (Å²) in [6, 6.07) is 0. The summed E-state index contributed by atoms with van der Waals surface area (Å²) < 4.78 is 34.2. The summed E-state index contributed by atoms with van der Waals surface area (Å²) in [5.74, 6) is -2.06. The fourth-order valence-corrected chi connectivity index (χ4v) is 7.92. The van der Waals surface area contributed by atoms with Crippen LogP contribution in [0.1, 0.15) is 168 Å². The number of Topliss-reactive ketones (excluding diaryl/α,β-unsaturated/α-hetero) is 1. The molecule has 0 radical (unpaired) electrons. The van der Waals surface area contributed by atoms with Gasteiger partial charge >= 0.3 is 19.8 Å². The smallest absolute Gasteiger partial charge is 0.462 e. The van der Waals surface area contributed by atoms with Crippen LogP contribution >= 0.6 is 7.82 Å². The van der Waals surface area contributed by atoms with Crippen LogP contribution in [0.25, 0.3) is 0 Å². The van der Waals surface area contributed by atoms with Crippen molar-refractivity contribution in [3.8, 4) is 0 Å². The zero-order valence-electron chi connectivity index (χ0n) is 38.0. The molecule has 1 unspecified atom stereocenters. The van der Waals surface area contributed by atoms with E-state index in [2.05, 4.69) is 26.0 Å². The zero-order valence-corrected chi connectivity index (χ0v) is 38.9. The molecule has 0 aromatic carbocycles. The molecule has 1 saturated carbocycles. The maximum atomic E-state index is 12.9. The molecule has 0 amide bonds. The number of aliphatic hydroxyl groups excluding tert-OH is 3. The van der Waals surface area contributed by atoms with Gasteiger partial charge in [0.1, 0.15) is 25.5 Å². The molecule has 1 aliphatic carbocycles. The number of hydrogen-bond donors (Lipinski definition) is 4. The molecule has 7 atom stereocenters. The van der Waals surface area contributed by atoms with Crippen LogP contribution in [0.15, 0.2) is 24.3 Å². The highest BCUT2D eigenvalue weighted by molar-refractivity contribution is 7.47. The number of phosphoric ester groups is 1. The van der Waals surface area contributed by atoms with E-state index in [9.17, 15) is 39.2 Å². The molecule has 14 heteroatoms. The van der Waals surface area contributed by atoms with Gasteiger partial charge in [-0.3, -0.25) is 23.4 Å². The van der Waals surface area contributed by atoms with Crippen molar-refractivity contribution < 1.29 is 62.2 Å². The highest BCUT2D eigenvalue weighted by Crippen LogP contribution is 2.43. The van der Waals surface area contributed by atoms with Crippen molar-refractivity contribution in [2.45, 2.75) is 192 Å². The predicted octanol–water partition coefficient (Wildman–Crippen LogP) is 8.69. The van der Waals surface area contributed by atoms with Crippen LogP contribution in [-0.4, -0.2) is 114 Å². The Morgan fingerprint density at radius 3 is 1.95 bits per heavy atom. The average Bonchev–Trinajstić information content (AvgIpc) is 3.44. The maximum absolute atomic E-state index is 12.9. The molecule has 350 valence electrons. The summed E-state index contributed by atoms with van der Waals surface area (Å²) in [6.07, 6.45) is 24.2. The van der Waals surface area contributed by atoms with Gasteiger partial charge in [0.05, 0.1) is 46.1 Å². The number of quaternary nitrogens is 1. The van der Waals surface area contributed by atoms with E-state index < -0.39 is 62.6 Å². The van der Waals surface area contributed by atoms with Gasteiger partial charge in [-0.1, -0.05) is 109 Å². The van der Waals surface area contributed by atoms with Gasteiger partial charge in [-0.15, -0.1) is 0 Å². The van der Waals surface area contributed by atoms with Crippen molar-refractivity contribution in [1.29, 1.82) is 0 Å². The van der Waals surface area contributed by atoms with Gasteiger partial charge in [-0.2, -0.15) is 0 Å². The van der Waals surface area contributed by atoms with Crippen LogP contribution in [0.5, 0.6) is 0 Å². The summed E-state index contributed by atoms with van der Waals surface area (Å²) in [5.41, 5.74) is 0. The van der Waals surface area contributed by atoms with Crippen molar-refractivity contribution in [1.82, 2.24) is 0 Å². The SMILES string of the molecule is CCCCCC/C=C\CCCCCCCCCC(=O)O[C@H](COC(=O)CCCCC(=O)C[C@@H]1[C@@H](/C=C/[C@@H](O)CCCCC)[C@H](O)C[C@@H]1O)COP(=O)(O)OCC[N+](C)(C)C. The van der Waals surface area contributed by atoms with Gasteiger partial charge in [0.25, 0.3) is 0 Å². The number of hydrogen-bond acceptors (Lipinski definition) is 11. The van der Waals surface area contributed by atoms with Crippen LogP contribution in [0.2, 0.25) is 0 Å². The highest BCUT2D eigenvalue weighted by atomic mass is 31.2. The number of likely N-dealkylation sites (N-methyl/N-ethyl adjacent to an activating group) is 1. The second-order valence-corrected chi connectivity index (χ2v) is 19.2. The van der Waals surface area contributed by atoms with E-state index in [1.165, 1.54) is 44.9 Å². The van der Waals surface area contributed by atoms with Crippen molar-refractivity contribution in [2.75, 3.05) is 47.5 Å². The first-order valence-corrected chi connectivity index (χ1v) is 24.7. The number of phosphoric acid groups is 1. The second kappa shape index (κ2) is 33.6. The number of aliphatic hydroxyl groups is 3. The lowest BCUT2D eigenvalue weighted by Crippen LogP contribution is -2.37. The number of esters is 2. The Balaban J connectivity index is 2.50. The van der Waals surface area contributed by atoms with Gasteiger partial charge in [0.15, 0.2) is 6.10 Å². The predicted molar refractivity (Wildman–Crippen MR) is 236 cm³/mol. The van der Waals surface area contributed by atoms with Crippen LogP contribution < -0.4 is 0 Å². The van der Waals surface area contributed by atoms with Crippen LogP contribution in [0, 0.1) is 11.8 Å². The topological polar surface area (TPSA) is 186 Å². The number of carbonyl (C=O) groups is 3. The third-order valence-electron chi connectivity index (χ3n) is 10.9. The van der Waals surface area contributed by atoms with E-state index in [4.69, 9.17) is 18.5 Å². The maximum Gasteiger partial charge on any atom is 0.472 e. The number of allylic oxidation sites excluding steroid dienone is 2. The monoisotopic (exact) mass is 875 g/mol. The van der Waals surface area contributed by atoms with E-state index in [0.717, 1.165) is 51.4 Å². The van der Waals surface area contributed by atoms with Crippen molar-refractivity contribution >= 4 is 25.5 Å². The van der Waals surface area contributed by atoms with Crippen molar-refractivity contribution in [2.24, 2.45) is 11.8 Å². The summed E-state index contributed by atoms with van der Waals surface area (Å²) in [6.45, 7) is 3.87. The molecule has 0 bridgehead atoms. The lowest BCUT2D eigenvalue weighted by Gasteiger charge is -2.24. The Morgan fingerprint density at radius 2 is 1.30 bits per heavy atom. The molecule has 0 aromatic rings. The van der Waals surface area contributed by atoms with E-state index in [-0.39, 0.29) is 51.1 Å². The number of nitrogens with zero attached hydrogens (tertiary/aromatic N) is 1. The minimum Gasteiger partial charge on any atom is -0.462 e. The molecule has 0 saturated heterocycles. The molecular weight excluding hydrogens is 789 g/mol. The first-order valence-electron chi connectivity index (χ1n) is 23.2. The van der Waals surface area contributed by atoms with E-state index >= 15 is 0 Å². The number of ketones is 1. The molecule has 0 aliphatic heterocycles. The Labute approximate surface area is 362 Å². The van der Waals surface area contributed by atoms with Crippen LogP contribution in [0.3, 0.4) is 0 Å². The first-order chi connectivity index (χ1) is 28.6. The molecule has 60 heavy (non-hydrogen) atoms. The molecule has 0 aromatic heterocycles. The second-order valence-electron chi connectivity index (χ2n) is 17.8. The fraction of sp³-hybridized carbons (Fsp3) is 0.848. The van der Waals surface area contributed by atoms with Crippen LogP contribution in [-0.2, 0) is 37.5 Å². The summed E-state index contributed by atoms with van der Waals surface area (Å²) in [5, 5.41) is 31.3. The normalized spacial score (nSPS) is 20.4. The summed E-state index contributed by atoms with van der Waals surface area (Å²) >= 11 is 0. The van der Waals surface area contributed by atoms with E-state index in [0.29, 0.717) is 36.7 Å². The molecule has 1 rings (SSSR count). The molecule has 0 spiro atoms. The molecule has 1 fully saturated rings. The fourth-order valence-electron chi connectivity index (χ4n) is 7.18. The Morgan fingerprint density at radius 1 is 0.733 bits per heavy atom. The van der Waals surface area contributed by atoms with E-state index in [1.54, 1.807) is 12.2 Å². The lowest BCUT2D eigenvalue weighted by atomic mass is 9.87. The summed E-state index contributed by atoms with van der Waals surface area (Å²) in [4.78, 5) is 48.5. The minimum absolute atomic E-state index is 0.00331. The van der Waals surface area contributed by atoms with Gasteiger partial charge in [0.2, 0.25) is 0 Å². The zero-order chi connectivity index (χ0) is 44.7. The first kappa shape index (κ1) is 56.1. The van der Waals surface area contributed by atoms with Gasteiger partial charge in [0, 0.05) is 43.9 Å². The minimum atomic E-state index is -4.47. The summed E-state index contributed by atoms with van der Waals surface area (Å²) in [7, 11) is 1.27. The Kier molecular flexibility index (Phi) is 31.4. The van der Waals surface area contributed by atoms with Crippen molar-refractivity contribution in [3.05, 3.63) is 24.3 Å². The van der Waals surface area contributed by atoms with Gasteiger partial charge < -0.3 is 34.2 Å².